The molecule has 0 spiro atoms. The van der Waals surface area contributed by atoms with Crippen LogP contribution in [0, 0.1) is 3.57 Å². The van der Waals surface area contributed by atoms with Crippen LogP contribution in [0.4, 0.5) is 5.13 Å². The van der Waals surface area contributed by atoms with E-state index in [1.165, 1.54) is 11.3 Å². The zero-order valence-corrected chi connectivity index (χ0v) is 14.2. The van der Waals surface area contributed by atoms with E-state index in [2.05, 4.69) is 27.6 Å². The van der Waals surface area contributed by atoms with Gasteiger partial charge in [0.2, 0.25) is 0 Å². The van der Waals surface area contributed by atoms with Gasteiger partial charge in [-0.1, -0.05) is 0 Å². The molecule has 1 aromatic carbocycles. The van der Waals surface area contributed by atoms with Crippen molar-refractivity contribution in [2.24, 2.45) is 0 Å². The molecule has 0 aliphatic carbocycles. The molecule has 110 valence electrons. The number of rotatable bonds is 5. The Morgan fingerprint density at radius 1 is 1.33 bits per heavy atom. The summed E-state index contributed by atoms with van der Waals surface area (Å²) in [5.41, 5.74) is 1.06. The van der Waals surface area contributed by atoms with Crippen LogP contribution in [0.5, 0.6) is 0 Å². The zero-order chi connectivity index (χ0) is 15.4. The Balaban J connectivity index is 2.22. The third-order valence-corrected chi connectivity index (χ3v) is 4.39. The number of hydrogen-bond acceptors (Lipinski definition) is 4. The summed E-state index contributed by atoms with van der Waals surface area (Å²) in [7, 11) is 0. The molecular formula is C14H13IN2O3S. The number of hydrogen-bond donors (Lipinski definition) is 1. The number of carboxylic acid groups (broad SMARTS) is 1. The molecule has 0 atom stereocenters. The van der Waals surface area contributed by atoms with E-state index in [-0.39, 0.29) is 12.3 Å². The monoisotopic (exact) mass is 416 g/mol. The molecule has 21 heavy (non-hydrogen) atoms. The number of carbonyl (C=O) groups excluding carboxylic acids is 1. The molecule has 2 rings (SSSR count). The standard InChI is InChI=1S/C14H13IN2O3S/c1-2-17(13(20)9-3-5-10(15)6-4-9)14-16-11(8-21-14)7-12(18)19/h3-6,8H,2,7H2,1H3,(H,18,19). The van der Waals surface area contributed by atoms with Crippen LogP contribution < -0.4 is 4.90 Å². The molecule has 0 saturated carbocycles. The fraction of sp³-hybridized carbons (Fsp3) is 0.214. The number of amides is 1. The summed E-state index contributed by atoms with van der Waals surface area (Å²) >= 11 is 3.46. The van der Waals surface area contributed by atoms with E-state index >= 15 is 0 Å². The molecule has 2 aromatic rings. The second-order valence-electron chi connectivity index (χ2n) is 4.25. The Kier molecular flexibility index (Phi) is 5.29. The second-order valence-corrected chi connectivity index (χ2v) is 6.33. The summed E-state index contributed by atoms with van der Waals surface area (Å²) in [5.74, 6) is -1.07. The minimum Gasteiger partial charge on any atom is -0.481 e. The van der Waals surface area contributed by atoms with Gasteiger partial charge in [-0.05, 0) is 53.8 Å². The summed E-state index contributed by atoms with van der Waals surface area (Å²) in [4.78, 5) is 29.0. The van der Waals surface area contributed by atoms with Gasteiger partial charge in [0.05, 0.1) is 12.1 Å². The Morgan fingerprint density at radius 3 is 2.57 bits per heavy atom. The van der Waals surface area contributed by atoms with Crippen LogP contribution >= 0.6 is 33.9 Å². The summed E-state index contributed by atoms with van der Waals surface area (Å²) in [6, 6.07) is 7.30. The lowest BCUT2D eigenvalue weighted by Crippen LogP contribution is -2.30. The number of aliphatic carboxylic acids is 1. The van der Waals surface area contributed by atoms with Crippen LogP contribution in [0.3, 0.4) is 0 Å². The summed E-state index contributed by atoms with van der Waals surface area (Å²) in [6.45, 7) is 2.34. The molecule has 0 aliphatic rings. The molecule has 0 saturated heterocycles. The maximum Gasteiger partial charge on any atom is 0.309 e. The normalized spacial score (nSPS) is 10.4. The Morgan fingerprint density at radius 2 is 2.00 bits per heavy atom. The van der Waals surface area contributed by atoms with Gasteiger partial charge >= 0.3 is 5.97 Å². The van der Waals surface area contributed by atoms with Crippen LogP contribution in [0.25, 0.3) is 0 Å². The first kappa shape index (κ1) is 15.9. The lowest BCUT2D eigenvalue weighted by Gasteiger charge is -2.17. The number of carbonyl (C=O) groups is 2. The number of thiazole rings is 1. The first-order valence-corrected chi connectivity index (χ1v) is 8.20. The number of halogens is 1. The van der Waals surface area contributed by atoms with Gasteiger partial charge in [-0.15, -0.1) is 11.3 Å². The average molecular weight is 416 g/mol. The van der Waals surface area contributed by atoms with Crippen molar-refractivity contribution in [3.05, 3.63) is 44.5 Å². The number of aromatic nitrogens is 1. The third kappa shape index (κ3) is 4.01. The van der Waals surface area contributed by atoms with Gasteiger partial charge in [-0.2, -0.15) is 0 Å². The van der Waals surface area contributed by atoms with Crippen LogP contribution in [0.15, 0.2) is 29.6 Å². The van der Waals surface area contributed by atoms with E-state index in [9.17, 15) is 9.59 Å². The van der Waals surface area contributed by atoms with Gasteiger partial charge in [0, 0.05) is 21.1 Å². The first-order valence-electron chi connectivity index (χ1n) is 6.25. The SMILES string of the molecule is CCN(C(=O)c1ccc(I)cc1)c1nc(CC(=O)O)cs1. The van der Waals surface area contributed by atoms with E-state index in [4.69, 9.17) is 5.11 Å². The fourth-order valence-corrected chi connectivity index (χ4v) is 3.02. The summed E-state index contributed by atoms with van der Waals surface area (Å²) in [6.07, 6.45) is -0.133. The van der Waals surface area contributed by atoms with E-state index in [1.807, 2.05) is 19.1 Å². The number of benzene rings is 1. The third-order valence-electron chi connectivity index (χ3n) is 2.76. The molecule has 0 fully saturated rings. The van der Waals surface area contributed by atoms with Crippen molar-refractivity contribution in [2.45, 2.75) is 13.3 Å². The van der Waals surface area contributed by atoms with Crippen molar-refractivity contribution in [3.63, 3.8) is 0 Å². The highest BCUT2D eigenvalue weighted by Gasteiger charge is 2.19. The number of anilines is 1. The van der Waals surface area contributed by atoms with Crippen molar-refractivity contribution < 1.29 is 14.7 Å². The highest BCUT2D eigenvalue weighted by Crippen LogP contribution is 2.23. The van der Waals surface area contributed by atoms with Crippen LogP contribution in [-0.2, 0) is 11.2 Å². The molecule has 1 amide bonds. The minimum atomic E-state index is -0.932. The molecule has 0 aliphatic heterocycles. The first-order chi connectivity index (χ1) is 10.0. The highest BCUT2D eigenvalue weighted by molar-refractivity contribution is 14.1. The largest absolute Gasteiger partial charge is 0.481 e. The molecular weight excluding hydrogens is 403 g/mol. The predicted octanol–water partition coefficient (Wildman–Crippen LogP) is 3.04. The minimum absolute atomic E-state index is 0.133. The Hall–Kier alpha value is -1.48. The van der Waals surface area contributed by atoms with Gasteiger partial charge < -0.3 is 5.11 Å². The molecule has 0 bridgehead atoms. The van der Waals surface area contributed by atoms with E-state index in [0.717, 1.165) is 3.57 Å². The van der Waals surface area contributed by atoms with Crippen LogP contribution in [0.1, 0.15) is 23.0 Å². The highest BCUT2D eigenvalue weighted by atomic mass is 127. The summed E-state index contributed by atoms with van der Waals surface area (Å²) < 4.78 is 1.06. The molecule has 1 heterocycles. The number of carboxylic acids is 1. The van der Waals surface area contributed by atoms with Gasteiger partial charge in [-0.25, -0.2) is 4.98 Å². The maximum absolute atomic E-state index is 12.5. The van der Waals surface area contributed by atoms with Gasteiger partial charge in [0.15, 0.2) is 5.13 Å². The smallest absolute Gasteiger partial charge is 0.309 e. The average Bonchev–Trinajstić information content (AvgIpc) is 2.87. The molecule has 0 radical (unpaired) electrons. The zero-order valence-electron chi connectivity index (χ0n) is 11.2. The van der Waals surface area contributed by atoms with Crippen LogP contribution in [0.2, 0.25) is 0 Å². The number of nitrogens with zero attached hydrogens (tertiary/aromatic N) is 2. The van der Waals surface area contributed by atoms with Gasteiger partial charge in [-0.3, -0.25) is 14.5 Å². The van der Waals surface area contributed by atoms with E-state index in [1.54, 1.807) is 22.4 Å². The molecule has 0 unspecified atom stereocenters. The van der Waals surface area contributed by atoms with Crippen molar-refractivity contribution in [3.8, 4) is 0 Å². The topological polar surface area (TPSA) is 70.5 Å². The maximum atomic E-state index is 12.5. The predicted molar refractivity (Wildman–Crippen MR) is 90.0 cm³/mol. The lowest BCUT2D eigenvalue weighted by molar-refractivity contribution is -0.136. The molecule has 1 N–H and O–H groups in total. The quantitative estimate of drug-likeness (QED) is 0.761. The molecule has 5 nitrogen and oxygen atoms in total. The van der Waals surface area contributed by atoms with Gasteiger partial charge in [0.25, 0.3) is 5.91 Å². The molecule has 7 heteroatoms. The lowest BCUT2D eigenvalue weighted by atomic mass is 10.2. The Labute approximate surface area is 139 Å². The van der Waals surface area contributed by atoms with Gasteiger partial charge in [0.1, 0.15) is 0 Å². The van der Waals surface area contributed by atoms with Crippen molar-refractivity contribution >= 4 is 50.9 Å². The molecule has 1 aromatic heterocycles. The fourth-order valence-electron chi connectivity index (χ4n) is 1.77. The Bertz CT molecular complexity index is 654. The van der Waals surface area contributed by atoms with Crippen LogP contribution in [-0.4, -0.2) is 28.5 Å². The van der Waals surface area contributed by atoms with E-state index in [0.29, 0.717) is 22.9 Å². The van der Waals surface area contributed by atoms with Crippen molar-refractivity contribution in [1.29, 1.82) is 0 Å². The summed E-state index contributed by atoms with van der Waals surface area (Å²) in [5, 5.41) is 11.0. The van der Waals surface area contributed by atoms with Crippen molar-refractivity contribution in [2.75, 3.05) is 11.4 Å². The van der Waals surface area contributed by atoms with E-state index < -0.39 is 5.97 Å². The van der Waals surface area contributed by atoms with Crippen molar-refractivity contribution in [1.82, 2.24) is 4.98 Å². The second kappa shape index (κ2) is 6.99.